The maximum absolute atomic E-state index is 3.64. The summed E-state index contributed by atoms with van der Waals surface area (Å²) in [5, 5.41) is 1.22. The van der Waals surface area contributed by atoms with Crippen molar-refractivity contribution in [1.82, 2.24) is 4.40 Å². The van der Waals surface area contributed by atoms with Gasteiger partial charge in [0.2, 0.25) is 0 Å². The van der Waals surface area contributed by atoms with Gasteiger partial charge in [-0.15, -0.1) is 0 Å². The van der Waals surface area contributed by atoms with Gasteiger partial charge in [-0.3, -0.25) is 0 Å². The number of hydrogen-bond acceptors (Lipinski definition) is 0. The first-order valence-electron chi connectivity index (χ1n) is 9.99. The predicted octanol–water partition coefficient (Wildman–Crippen LogP) is 6.93. The van der Waals surface area contributed by atoms with E-state index < -0.39 is 0 Å². The van der Waals surface area contributed by atoms with Crippen molar-refractivity contribution in [3.8, 4) is 22.4 Å². The van der Waals surface area contributed by atoms with Crippen LogP contribution >= 0.6 is 15.9 Å². The van der Waals surface area contributed by atoms with Crippen LogP contribution in [0, 0.1) is 0 Å². The topological polar surface area (TPSA) is 8.51 Å². The Kier molecular flexibility index (Phi) is 3.96. The SMILES string of the molecule is Brc1ccc2c(c1)cc1c(-c3ccccc3)c(-c3ccccc3)[n+]3ccccc3n12. The average Bonchev–Trinajstić information content (AvgIpc) is 3.17. The van der Waals surface area contributed by atoms with Crippen LogP contribution in [-0.2, 0) is 0 Å². The Morgan fingerprint density at radius 1 is 0.633 bits per heavy atom. The molecule has 3 aromatic heterocycles. The molecule has 0 saturated heterocycles. The van der Waals surface area contributed by atoms with Crippen molar-refractivity contribution in [3.63, 3.8) is 0 Å². The summed E-state index contributed by atoms with van der Waals surface area (Å²) in [6.07, 6.45) is 2.16. The second-order valence-electron chi connectivity index (χ2n) is 7.45. The van der Waals surface area contributed by atoms with Gasteiger partial charge in [0.25, 0.3) is 5.65 Å². The highest BCUT2D eigenvalue weighted by atomic mass is 79.9. The van der Waals surface area contributed by atoms with E-state index in [-0.39, 0.29) is 0 Å². The Morgan fingerprint density at radius 3 is 2.10 bits per heavy atom. The van der Waals surface area contributed by atoms with Crippen LogP contribution in [-0.4, -0.2) is 4.40 Å². The molecule has 3 heterocycles. The van der Waals surface area contributed by atoms with Gasteiger partial charge < -0.3 is 0 Å². The molecule has 6 rings (SSSR count). The largest absolute Gasteiger partial charge is 0.292 e. The molecule has 0 fully saturated rings. The number of aromatic nitrogens is 2. The summed E-state index contributed by atoms with van der Waals surface area (Å²) in [7, 11) is 0. The molecule has 0 aliphatic carbocycles. The molecule has 0 aliphatic rings. The molecule has 0 spiro atoms. The molecule has 3 aromatic carbocycles. The van der Waals surface area contributed by atoms with Crippen molar-refractivity contribution in [1.29, 1.82) is 0 Å². The lowest BCUT2D eigenvalue weighted by Gasteiger charge is -2.12. The van der Waals surface area contributed by atoms with E-state index in [0.29, 0.717) is 0 Å². The van der Waals surface area contributed by atoms with Crippen molar-refractivity contribution >= 4 is 38.0 Å². The number of benzene rings is 3. The van der Waals surface area contributed by atoms with Crippen LogP contribution in [0.2, 0.25) is 0 Å². The maximum atomic E-state index is 3.64. The number of rotatable bonds is 2. The molecular formula is C27H18BrN2+. The predicted molar refractivity (Wildman–Crippen MR) is 127 cm³/mol. The average molecular weight is 450 g/mol. The summed E-state index contributed by atoms with van der Waals surface area (Å²) in [6, 6.07) is 36.6. The van der Waals surface area contributed by atoms with Gasteiger partial charge >= 0.3 is 0 Å². The van der Waals surface area contributed by atoms with E-state index in [1.807, 2.05) is 0 Å². The van der Waals surface area contributed by atoms with E-state index in [2.05, 4.69) is 134 Å². The molecule has 0 N–H and O–H groups in total. The molecule has 3 heteroatoms. The zero-order valence-corrected chi connectivity index (χ0v) is 17.8. The Bertz CT molecular complexity index is 1530. The summed E-state index contributed by atoms with van der Waals surface area (Å²) in [5.74, 6) is 0. The molecule has 0 amide bonds. The first-order chi connectivity index (χ1) is 14.8. The van der Waals surface area contributed by atoms with Crippen molar-refractivity contribution in [2.45, 2.75) is 0 Å². The number of halogens is 1. The van der Waals surface area contributed by atoms with E-state index in [4.69, 9.17) is 0 Å². The van der Waals surface area contributed by atoms with Crippen LogP contribution in [0.15, 0.2) is 114 Å². The minimum atomic E-state index is 1.09. The van der Waals surface area contributed by atoms with Gasteiger partial charge in [0.15, 0.2) is 5.69 Å². The van der Waals surface area contributed by atoms with E-state index >= 15 is 0 Å². The standard InChI is InChI=1S/C27H18BrN2/c28-22-14-15-23-21(17-22)18-24-26(19-9-3-1-4-10-19)27(20-11-5-2-6-12-20)29-16-8-7-13-25(29)30(23)24/h1-18H/q+1. The Balaban J connectivity index is 1.92. The van der Waals surface area contributed by atoms with Crippen LogP contribution in [0.25, 0.3) is 44.5 Å². The summed E-state index contributed by atoms with van der Waals surface area (Å²) < 4.78 is 5.77. The second-order valence-corrected chi connectivity index (χ2v) is 8.37. The Labute approximate surface area is 182 Å². The summed E-state index contributed by atoms with van der Waals surface area (Å²) in [6.45, 7) is 0. The lowest BCUT2D eigenvalue weighted by atomic mass is 9.98. The third-order valence-corrected chi connectivity index (χ3v) is 6.17. The zero-order chi connectivity index (χ0) is 20.1. The summed E-state index contributed by atoms with van der Waals surface area (Å²) in [5.41, 5.74) is 8.40. The molecule has 0 aliphatic heterocycles. The van der Waals surface area contributed by atoms with Crippen LogP contribution < -0.4 is 4.40 Å². The van der Waals surface area contributed by atoms with Crippen LogP contribution in [0.4, 0.5) is 0 Å². The summed E-state index contributed by atoms with van der Waals surface area (Å²) in [4.78, 5) is 0. The van der Waals surface area contributed by atoms with Crippen molar-refractivity contribution in [3.05, 3.63) is 114 Å². The maximum Gasteiger partial charge on any atom is 0.292 e. The first-order valence-corrected chi connectivity index (χ1v) is 10.8. The number of hydrogen-bond donors (Lipinski definition) is 0. The fourth-order valence-corrected chi connectivity index (χ4v) is 4.81. The normalized spacial score (nSPS) is 11.5. The molecule has 0 atom stereocenters. The molecular weight excluding hydrogens is 432 g/mol. The third kappa shape index (κ3) is 2.59. The molecule has 0 bridgehead atoms. The summed E-state index contributed by atoms with van der Waals surface area (Å²) >= 11 is 3.64. The van der Waals surface area contributed by atoms with E-state index in [1.165, 1.54) is 38.8 Å². The molecule has 6 aromatic rings. The fourth-order valence-electron chi connectivity index (χ4n) is 4.43. The number of nitrogens with zero attached hydrogens (tertiary/aromatic N) is 2. The van der Waals surface area contributed by atoms with Gasteiger partial charge in [0.05, 0.1) is 11.8 Å². The van der Waals surface area contributed by atoms with Gasteiger partial charge in [-0.05, 0) is 35.9 Å². The zero-order valence-electron chi connectivity index (χ0n) is 16.2. The minimum Gasteiger partial charge on any atom is -0.198 e. The Hall–Kier alpha value is -3.43. The first kappa shape index (κ1) is 17.4. The van der Waals surface area contributed by atoms with E-state index in [0.717, 1.165) is 10.1 Å². The van der Waals surface area contributed by atoms with Gasteiger partial charge in [-0.1, -0.05) is 82.7 Å². The van der Waals surface area contributed by atoms with Crippen molar-refractivity contribution in [2.75, 3.05) is 0 Å². The van der Waals surface area contributed by atoms with Crippen molar-refractivity contribution in [2.24, 2.45) is 0 Å². The smallest absolute Gasteiger partial charge is 0.198 e. The highest BCUT2D eigenvalue weighted by molar-refractivity contribution is 9.10. The molecule has 142 valence electrons. The minimum absolute atomic E-state index is 1.09. The van der Waals surface area contributed by atoms with E-state index in [9.17, 15) is 0 Å². The van der Waals surface area contributed by atoms with Gasteiger partial charge in [-0.2, -0.15) is 8.80 Å². The van der Waals surface area contributed by atoms with E-state index in [1.54, 1.807) is 0 Å². The Morgan fingerprint density at radius 2 is 1.33 bits per heavy atom. The monoisotopic (exact) mass is 449 g/mol. The number of pyridine rings is 1. The molecule has 0 saturated carbocycles. The quantitative estimate of drug-likeness (QED) is 0.253. The second kappa shape index (κ2) is 6.82. The highest BCUT2D eigenvalue weighted by Crippen LogP contribution is 2.37. The van der Waals surface area contributed by atoms with Crippen LogP contribution in [0.1, 0.15) is 0 Å². The highest BCUT2D eigenvalue weighted by Gasteiger charge is 2.25. The number of fused-ring (bicyclic) bond motifs is 5. The van der Waals surface area contributed by atoms with Crippen molar-refractivity contribution < 1.29 is 4.40 Å². The molecule has 0 radical (unpaired) electrons. The van der Waals surface area contributed by atoms with Gasteiger partial charge in [-0.25, -0.2) is 0 Å². The van der Waals surface area contributed by atoms with Gasteiger partial charge in [0.1, 0.15) is 11.0 Å². The van der Waals surface area contributed by atoms with Gasteiger partial charge in [0, 0.05) is 21.5 Å². The lowest BCUT2D eigenvalue weighted by molar-refractivity contribution is -0.501. The van der Waals surface area contributed by atoms with Crippen LogP contribution in [0.3, 0.4) is 0 Å². The molecule has 0 unspecified atom stereocenters. The van der Waals surface area contributed by atoms with Crippen LogP contribution in [0.5, 0.6) is 0 Å². The fraction of sp³-hybridized carbons (Fsp3) is 0. The lowest BCUT2D eigenvalue weighted by Crippen LogP contribution is -2.28. The third-order valence-electron chi connectivity index (χ3n) is 5.67. The molecule has 2 nitrogen and oxygen atoms in total. The molecule has 30 heavy (non-hydrogen) atoms.